The molecule has 0 amide bonds. The summed E-state index contributed by atoms with van der Waals surface area (Å²) in [5.74, 6) is 0.589. The molecule has 2 nitrogen and oxygen atoms in total. The molecule has 74 valence electrons. The molecule has 0 saturated carbocycles. The predicted octanol–water partition coefficient (Wildman–Crippen LogP) is -0.477. The summed E-state index contributed by atoms with van der Waals surface area (Å²) < 4.78 is 35.4. The second-order valence-electron chi connectivity index (χ2n) is 2.56. The van der Waals surface area contributed by atoms with Gasteiger partial charge < -0.3 is 12.9 Å². The van der Waals surface area contributed by atoms with E-state index >= 15 is 0 Å². The molecule has 0 aliphatic carbocycles. The summed E-state index contributed by atoms with van der Waals surface area (Å²) in [6.07, 6.45) is 4.97. The van der Waals surface area contributed by atoms with E-state index in [2.05, 4.69) is 16.5 Å². The van der Waals surface area contributed by atoms with E-state index in [1.54, 1.807) is 0 Å². The van der Waals surface area contributed by atoms with Gasteiger partial charge in [0.05, 0.1) is 0 Å². The van der Waals surface area contributed by atoms with Gasteiger partial charge in [0.15, 0.2) is 5.82 Å². The molecule has 0 aliphatic heterocycles. The second-order valence-corrected chi connectivity index (χ2v) is 2.56. The summed E-state index contributed by atoms with van der Waals surface area (Å²) in [5, 5.41) is 0. The topological polar surface area (TPSA) is 25.8 Å². The summed E-state index contributed by atoms with van der Waals surface area (Å²) in [6.45, 7) is -1.47. The molecule has 0 N–H and O–H groups in total. The van der Waals surface area contributed by atoms with Gasteiger partial charge >= 0.3 is 58.4 Å². The molecule has 0 spiro atoms. The fraction of sp³-hybridized carbons (Fsp3) is 0. The van der Waals surface area contributed by atoms with E-state index in [0.717, 1.165) is 6.08 Å². The Morgan fingerprint density at radius 3 is 2.13 bits per heavy atom. The number of nitrogens with zero attached hydrogens (tertiary/aromatic N) is 2. The van der Waals surface area contributed by atoms with Gasteiger partial charge in [-0.2, -0.15) is 0 Å². The van der Waals surface area contributed by atoms with Crippen LogP contribution in [0.25, 0.3) is 12.2 Å². The van der Waals surface area contributed by atoms with E-state index < -0.39 is 6.98 Å². The average Bonchev–Trinajstić information content (AvgIpc) is 2.14. The van der Waals surface area contributed by atoms with E-state index in [0.29, 0.717) is 11.4 Å². The largest absolute Gasteiger partial charge is 1.00 e. The summed E-state index contributed by atoms with van der Waals surface area (Å²) in [7, 11) is 0. The van der Waals surface area contributed by atoms with Crippen molar-refractivity contribution in [2.45, 2.75) is 0 Å². The summed E-state index contributed by atoms with van der Waals surface area (Å²) in [4.78, 5) is 7.51. The van der Waals surface area contributed by atoms with Gasteiger partial charge in [-0.25, -0.2) is 9.97 Å². The third-order valence-corrected chi connectivity index (χ3v) is 1.38. The molecule has 0 saturated heterocycles. The van der Waals surface area contributed by atoms with Crippen LogP contribution in [-0.4, -0.2) is 16.9 Å². The van der Waals surface area contributed by atoms with Crippen molar-refractivity contribution in [3.8, 4) is 0 Å². The molecule has 7 heteroatoms. The fourth-order valence-electron chi connectivity index (χ4n) is 0.760. The van der Waals surface area contributed by atoms with Crippen molar-refractivity contribution in [2.75, 3.05) is 0 Å². The Hall–Kier alpha value is 0.0513. The van der Waals surface area contributed by atoms with E-state index in [1.165, 1.54) is 18.5 Å². The van der Waals surface area contributed by atoms with E-state index in [1.807, 2.05) is 0 Å². The van der Waals surface area contributed by atoms with Gasteiger partial charge in [0.2, 0.25) is 0 Å². The second kappa shape index (κ2) is 6.59. The van der Waals surface area contributed by atoms with Crippen LogP contribution in [0.1, 0.15) is 11.4 Å². The monoisotopic (exact) mass is 238 g/mol. The smallest absolute Gasteiger partial charge is 0.445 e. The number of halogens is 3. The Labute approximate surface area is 128 Å². The maximum Gasteiger partial charge on any atom is 1.00 e. The Morgan fingerprint density at radius 2 is 1.73 bits per heavy atom. The van der Waals surface area contributed by atoms with Crippen LogP contribution < -0.4 is 51.4 Å². The van der Waals surface area contributed by atoms with Crippen LogP contribution in [0.15, 0.2) is 24.9 Å². The van der Waals surface area contributed by atoms with E-state index in [9.17, 15) is 12.9 Å². The Balaban J connectivity index is 0.00000196. The molecule has 0 bridgehead atoms. The first kappa shape index (κ1) is 15.1. The standard InChI is InChI=1S/C8H7BF3N2.K/c1-2-8-13-5-7(6-14-8)3-4-9(10,11)12;/h2-6H,1H2;/q-1;+1/b4-3+;. The Bertz CT molecular complexity index is 348. The molecular formula is C8H7BF3KN2. The first-order valence-corrected chi connectivity index (χ1v) is 3.85. The summed E-state index contributed by atoms with van der Waals surface area (Å²) in [5.41, 5.74) is 0.315. The van der Waals surface area contributed by atoms with Crippen LogP contribution in [0.5, 0.6) is 0 Å². The van der Waals surface area contributed by atoms with Crippen molar-refractivity contribution in [1.29, 1.82) is 0 Å². The quantitative estimate of drug-likeness (QED) is 0.665. The minimum atomic E-state index is -4.90. The van der Waals surface area contributed by atoms with Gasteiger partial charge in [0.25, 0.3) is 0 Å². The Kier molecular flexibility index (Phi) is 6.62. The number of hydrogen-bond acceptors (Lipinski definition) is 2. The zero-order valence-electron chi connectivity index (χ0n) is 8.20. The van der Waals surface area contributed by atoms with Crippen LogP contribution in [-0.2, 0) is 0 Å². The fourth-order valence-corrected chi connectivity index (χ4v) is 0.760. The third-order valence-electron chi connectivity index (χ3n) is 1.38. The predicted molar refractivity (Wildman–Crippen MR) is 50.2 cm³/mol. The number of rotatable bonds is 3. The minimum Gasteiger partial charge on any atom is -0.445 e. The molecule has 0 fully saturated rings. The van der Waals surface area contributed by atoms with Crippen molar-refractivity contribution >= 4 is 19.1 Å². The van der Waals surface area contributed by atoms with Crippen LogP contribution >= 0.6 is 0 Å². The molecule has 1 aromatic rings. The molecule has 15 heavy (non-hydrogen) atoms. The van der Waals surface area contributed by atoms with Gasteiger partial charge in [-0.15, -0.1) is 5.98 Å². The van der Waals surface area contributed by atoms with Crippen molar-refractivity contribution in [3.05, 3.63) is 36.3 Å². The van der Waals surface area contributed by atoms with Gasteiger partial charge in [0, 0.05) is 18.0 Å². The average molecular weight is 238 g/mol. The van der Waals surface area contributed by atoms with Crippen molar-refractivity contribution in [2.24, 2.45) is 0 Å². The summed E-state index contributed by atoms with van der Waals surface area (Å²) >= 11 is 0. The van der Waals surface area contributed by atoms with Crippen LogP contribution in [0.4, 0.5) is 12.9 Å². The van der Waals surface area contributed by atoms with Gasteiger partial charge in [-0.3, -0.25) is 0 Å². The van der Waals surface area contributed by atoms with E-state index in [4.69, 9.17) is 0 Å². The first-order chi connectivity index (χ1) is 6.51. The van der Waals surface area contributed by atoms with Gasteiger partial charge in [-0.05, 0) is 6.08 Å². The SMILES string of the molecule is C=Cc1ncc(/C=C/[B-](F)(F)F)cn1.[K+]. The molecule has 1 heterocycles. The van der Waals surface area contributed by atoms with Crippen LogP contribution in [0.2, 0.25) is 0 Å². The Morgan fingerprint density at radius 1 is 1.20 bits per heavy atom. The minimum absolute atomic E-state index is 0. The molecule has 1 aromatic heterocycles. The van der Waals surface area contributed by atoms with Crippen molar-refractivity contribution in [1.82, 2.24) is 9.97 Å². The van der Waals surface area contributed by atoms with Crippen LogP contribution in [0.3, 0.4) is 0 Å². The summed E-state index contributed by atoms with van der Waals surface area (Å²) in [6, 6.07) is 0. The zero-order valence-corrected chi connectivity index (χ0v) is 11.3. The molecular weight excluding hydrogens is 231 g/mol. The molecule has 1 rings (SSSR count). The van der Waals surface area contributed by atoms with Crippen LogP contribution in [0, 0.1) is 0 Å². The van der Waals surface area contributed by atoms with Gasteiger partial charge in [-0.1, -0.05) is 12.7 Å². The molecule has 0 unspecified atom stereocenters. The van der Waals surface area contributed by atoms with Gasteiger partial charge in [0.1, 0.15) is 0 Å². The first-order valence-electron chi connectivity index (χ1n) is 3.85. The maximum absolute atomic E-state index is 11.8. The van der Waals surface area contributed by atoms with Crippen molar-refractivity contribution < 1.29 is 64.3 Å². The molecule has 0 aliphatic rings. The zero-order chi connectivity index (χ0) is 10.6. The maximum atomic E-state index is 11.8. The number of hydrogen-bond donors (Lipinski definition) is 0. The molecule has 0 radical (unpaired) electrons. The number of aromatic nitrogens is 2. The normalized spacial score (nSPS) is 11.1. The molecule has 0 atom stereocenters. The third kappa shape index (κ3) is 6.26. The van der Waals surface area contributed by atoms with Crippen molar-refractivity contribution in [3.63, 3.8) is 0 Å². The van der Waals surface area contributed by atoms with E-state index in [-0.39, 0.29) is 57.4 Å². The molecule has 0 aromatic carbocycles.